The molecule has 0 saturated carbocycles. The fourth-order valence-corrected chi connectivity index (χ4v) is 1.98. The molecule has 1 saturated heterocycles. The molecule has 2 rings (SSSR count). The summed E-state index contributed by atoms with van der Waals surface area (Å²) in [6.07, 6.45) is 0.608. The van der Waals surface area contributed by atoms with E-state index in [1.54, 1.807) is 11.0 Å². The summed E-state index contributed by atoms with van der Waals surface area (Å²) < 4.78 is 5.11. The molecule has 0 unspecified atom stereocenters. The maximum atomic E-state index is 11.1. The van der Waals surface area contributed by atoms with E-state index in [1.807, 2.05) is 0 Å². The number of methoxy groups -OCH3 is 1. The number of aliphatic hydroxyl groups excluding tert-OH is 1. The van der Waals surface area contributed by atoms with Crippen LogP contribution in [0, 0.1) is 0 Å². The summed E-state index contributed by atoms with van der Waals surface area (Å²) in [5.74, 6) is -0.651. The Kier molecular flexibility index (Phi) is 3.26. The Morgan fingerprint density at radius 2 is 2.35 bits per heavy atom. The molecule has 1 aliphatic rings. The van der Waals surface area contributed by atoms with Crippen molar-refractivity contribution in [3.63, 3.8) is 0 Å². The van der Waals surface area contributed by atoms with Crippen LogP contribution in [-0.2, 0) is 4.74 Å². The molecule has 1 aliphatic heterocycles. The number of aromatic carboxylic acids is 1. The number of carboxylic acids is 1. The van der Waals surface area contributed by atoms with Crippen LogP contribution in [0.15, 0.2) is 18.3 Å². The number of aromatic nitrogens is 1. The first kappa shape index (κ1) is 11.8. The smallest absolute Gasteiger partial charge is 0.339 e. The predicted molar refractivity (Wildman–Crippen MR) is 60.2 cm³/mol. The number of ether oxygens (including phenoxy) is 1. The first-order valence-corrected chi connectivity index (χ1v) is 5.27. The third-order valence-electron chi connectivity index (χ3n) is 2.86. The Morgan fingerprint density at radius 1 is 1.59 bits per heavy atom. The molecule has 0 amide bonds. The molecular weight excluding hydrogens is 224 g/mol. The summed E-state index contributed by atoms with van der Waals surface area (Å²) in [4.78, 5) is 16.8. The van der Waals surface area contributed by atoms with Crippen LogP contribution in [-0.4, -0.2) is 53.6 Å². The molecule has 1 fully saturated rings. The number of β-amino-alcohol motifs (C(OH)–C–C–N with tert-alkyl or cyclic N) is 1. The van der Waals surface area contributed by atoms with E-state index in [1.165, 1.54) is 19.4 Å². The number of hydrogen-bond acceptors (Lipinski definition) is 5. The zero-order chi connectivity index (χ0) is 12.4. The molecular formula is C11H14N2O4. The number of anilines is 1. The van der Waals surface area contributed by atoms with Crippen LogP contribution in [0.1, 0.15) is 10.4 Å². The second-order valence-electron chi connectivity index (χ2n) is 3.93. The standard InChI is InChI=1S/C11H14N2O4/c1-17-9-6-13(5-8(9)14)10-7(11(15)16)3-2-4-12-10/h2-4,8-9,14H,5-6H2,1H3,(H,15,16)/t8-,9+/m0/s1. The lowest BCUT2D eigenvalue weighted by Gasteiger charge is -2.18. The van der Waals surface area contributed by atoms with E-state index in [0.717, 1.165) is 0 Å². The van der Waals surface area contributed by atoms with Crippen molar-refractivity contribution in [3.05, 3.63) is 23.9 Å². The highest BCUT2D eigenvalue weighted by Gasteiger charge is 2.33. The summed E-state index contributed by atoms with van der Waals surface area (Å²) in [5.41, 5.74) is 0.136. The summed E-state index contributed by atoms with van der Waals surface area (Å²) >= 11 is 0. The Hall–Kier alpha value is -1.66. The SMILES string of the molecule is CO[C@@H]1CN(c2ncccc2C(=O)O)C[C@@H]1O. The number of aliphatic hydroxyl groups is 1. The largest absolute Gasteiger partial charge is 0.478 e. The Morgan fingerprint density at radius 3 is 2.94 bits per heavy atom. The second kappa shape index (κ2) is 4.68. The summed E-state index contributed by atoms with van der Waals surface area (Å²) in [6, 6.07) is 3.07. The molecule has 0 aromatic carbocycles. The first-order chi connectivity index (χ1) is 8.13. The van der Waals surface area contributed by atoms with Gasteiger partial charge in [0.15, 0.2) is 0 Å². The lowest BCUT2D eigenvalue weighted by molar-refractivity contribution is 0.0217. The molecule has 0 spiro atoms. The maximum Gasteiger partial charge on any atom is 0.339 e. The Bertz CT molecular complexity index is 424. The van der Waals surface area contributed by atoms with Gasteiger partial charge < -0.3 is 19.8 Å². The number of rotatable bonds is 3. The quantitative estimate of drug-likeness (QED) is 0.769. The molecule has 0 aliphatic carbocycles. The van der Waals surface area contributed by atoms with Gasteiger partial charge in [0.2, 0.25) is 0 Å². The third kappa shape index (κ3) is 2.22. The highest BCUT2D eigenvalue weighted by molar-refractivity contribution is 5.93. The molecule has 0 radical (unpaired) electrons. The summed E-state index contributed by atoms with van der Waals surface area (Å²) in [7, 11) is 1.52. The highest BCUT2D eigenvalue weighted by atomic mass is 16.5. The number of hydrogen-bond donors (Lipinski definition) is 2. The minimum Gasteiger partial charge on any atom is -0.478 e. The number of carbonyl (C=O) groups is 1. The molecule has 2 heterocycles. The molecule has 92 valence electrons. The van der Waals surface area contributed by atoms with Crippen LogP contribution in [0.2, 0.25) is 0 Å². The van der Waals surface area contributed by atoms with E-state index in [9.17, 15) is 9.90 Å². The lowest BCUT2D eigenvalue weighted by atomic mass is 10.2. The zero-order valence-electron chi connectivity index (χ0n) is 9.41. The summed E-state index contributed by atoms with van der Waals surface area (Å²) in [6.45, 7) is 0.769. The van der Waals surface area contributed by atoms with Crippen LogP contribution in [0.25, 0.3) is 0 Å². The van der Waals surface area contributed by atoms with Crippen molar-refractivity contribution >= 4 is 11.8 Å². The van der Waals surface area contributed by atoms with Crippen molar-refractivity contribution in [2.75, 3.05) is 25.1 Å². The molecule has 17 heavy (non-hydrogen) atoms. The first-order valence-electron chi connectivity index (χ1n) is 5.27. The second-order valence-corrected chi connectivity index (χ2v) is 3.93. The van der Waals surface area contributed by atoms with Gasteiger partial charge in [-0.05, 0) is 12.1 Å². The van der Waals surface area contributed by atoms with Gasteiger partial charge in [-0.25, -0.2) is 9.78 Å². The minimum atomic E-state index is -1.02. The van der Waals surface area contributed by atoms with Crippen molar-refractivity contribution in [2.24, 2.45) is 0 Å². The van der Waals surface area contributed by atoms with Gasteiger partial charge in [0.1, 0.15) is 17.5 Å². The molecule has 0 bridgehead atoms. The maximum absolute atomic E-state index is 11.1. The number of carboxylic acid groups (broad SMARTS) is 1. The molecule has 1 aromatic rings. The average Bonchev–Trinajstić information content (AvgIpc) is 2.70. The van der Waals surface area contributed by atoms with Gasteiger partial charge in [-0.1, -0.05) is 0 Å². The normalized spacial score (nSPS) is 24.0. The van der Waals surface area contributed by atoms with Gasteiger partial charge in [-0.15, -0.1) is 0 Å². The van der Waals surface area contributed by atoms with Gasteiger partial charge in [-0.2, -0.15) is 0 Å². The molecule has 2 N–H and O–H groups in total. The van der Waals surface area contributed by atoms with E-state index in [-0.39, 0.29) is 11.7 Å². The van der Waals surface area contributed by atoms with Crippen LogP contribution >= 0.6 is 0 Å². The van der Waals surface area contributed by atoms with E-state index in [0.29, 0.717) is 18.9 Å². The predicted octanol–water partition coefficient (Wildman–Crippen LogP) is -0.0243. The van der Waals surface area contributed by atoms with Crippen LogP contribution < -0.4 is 4.90 Å². The van der Waals surface area contributed by atoms with Crippen molar-refractivity contribution in [1.82, 2.24) is 4.98 Å². The fourth-order valence-electron chi connectivity index (χ4n) is 1.98. The van der Waals surface area contributed by atoms with E-state index in [2.05, 4.69) is 4.98 Å². The van der Waals surface area contributed by atoms with E-state index < -0.39 is 12.1 Å². The number of pyridine rings is 1. The molecule has 2 atom stereocenters. The molecule has 6 heteroatoms. The van der Waals surface area contributed by atoms with Crippen molar-refractivity contribution in [2.45, 2.75) is 12.2 Å². The highest BCUT2D eigenvalue weighted by Crippen LogP contribution is 2.23. The van der Waals surface area contributed by atoms with Gasteiger partial charge in [0.25, 0.3) is 0 Å². The Labute approximate surface area is 98.5 Å². The summed E-state index contributed by atoms with van der Waals surface area (Å²) in [5, 5.41) is 18.8. The van der Waals surface area contributed by atoms with Gasteiger partial charge >= 0.3 is 5.97 Å². The van der Waals surface area contributed by atoms with Crippen LogP contribution in [0.3, 0.4) is 0 Å². The molecule has 6 nitrogen and oxygen atoms in total. The van der Waals surface area contributed by atoms with Crippen molar-refractivity contribution in [3.8, 4) is 0 Å². The Balaban J connectivity index is 2.27. The number of nitrogens with zero attached hydrogens (tertiary/aromatic N) is 2. The molecule has 1 aromatic heterocycles. The van der Waals surface area contributed by atoms with Gasteiger partial charge in [-0.3, -0.25) is 0 Å². The minimum absolute atomic E-state index is 0.136. The monoisotopic (exact) mass is 238 g/mol. The van der Waals surface area contributed by atoms with Crippen LogP contribution in [0.5, 0.6) is 0 Å². The van der Waals surface area contributed by atoms with Crippen molar-refractivity contribution < 1.29 is 19.7 Å². The topological polar surface area (TPSA) is 82.9 Å². The lowest BCUT2D eigenvalue weighted by Crippen LogP contribution is -2.25. The van der Waals surface area contributed by atoms with Gasteiger partial charge in [0, 0.05) is 26.4 Å². The zero-order valence-corrected chi connectivity index (χ0v) is 9.41. The fraction of sp³-hybridized carbons (Fsp3) is 0.455. The van der Waals surface area contributed by atoms with E-state index >= 15 is 0 Å². The van der Waals surface area contributed by atoms with E-state index in [4.69, 9.17) is 9.84 Å². The average molecular weight is 238 g/mol. The third-order valence-corrected chi connectivity index (χ3v) is 2.86. The van der Waals surface area contributed by atoms with Crippen LogP contribution in [0.4, 0.5) is 5.82 Å². The van der Waals surface area contributed by atoms with Crippen molar-refractivity contribution in [1.29, 1.82) is 0 Å². The van der Waals surface area contributed by atoms with Gasteiger partial charge in [0.05, 0.1) is 6.10 Å².